The first-order valence-corrected chi connectivity index (χ1v) is 11.0. The van der Waals surface area contributed by atoms with E-state index in [2.05, 4.69) is 4.98 Å². The number of benzene rings is 1. The summed E-state index contributed by atoms with van der Waals surface area (Å²) in [5.74, 6) is -1.37. The molecule has 0 saturated heterocycles. The second-order valence-corrected chi connectivity index (χ2v) is 8.93. The second kappa shape index (κ2) is 8.65. The zero-order valence-electron chi connectivity index (χ0n) is 18.0. The summed E-state index contributed by atoms with van der Waals surface area (Å²) in [5, 5.41) is 1.65. The molecular formula is C25H29F3N2O. The molecule has 0 amide bonds. The largest absolute Gasteiger partial charge is 0.487 e. The van der Waals surface area contributed by atoms with Gasteiger partial charge >= 0.3 is 0 Å². The van der Waals surface area contributed by atoms with Gasteiger partial charge < -0.3 is 10.5 Å². The summed E-state index contributed by atoms with van der Waals surface area (Å²) >= 11 is 0. The van der Waals surface area contributed by atoms with Gasteiger partial charge in [-0.2, -0.15) is 0 Å². The molecule has 1 aromatic carbocycles. The highest BCUT2D eigenvalue weighted by Crippen LogP contribution is 2.50. The van der Waals surface area contributed by atoms with Crippen LogP contribution in [0.2, 0.25) is 0 Å². The van der Waals surface area contributed by atoms with Crippen LogP contribution in [0.15, 0.2) is 48.3 Å². The van der Waals surface area contributed by atoms with Crippen molar-refractivity contribution < 1.29 is 17.9 Å². The van der Waals surface area contributed by atoms with E-state index in [-0.39, 0.29) is 35.6 Å². The van der Waals surface area contributed by atoms with E-state index < -0.39 is 17.5 Å². The van der Waals surface area contributed by atoms with Crippen molar-refractivity contribution in [2.24, 2.45) is 17.1 Å². The number of hydrogen-bond donors (Lipinski definition) is 1. The molecule has 31 heavy (non-hydrogen) atoms. The minimum atomic E-state index is -0.529. The van der Waals surface area contributed by atoms with Crippen molar-refractivity contribution in [2.75, 3.05) is 0 Å². The summed E-state index contributed by atoms with van der Waals surface area (Å²) < 4.78 is 48.9. The zero-order valence-corrected chi connectivity index (χ0v) is 18.0. The molecule has 2 N–H and O–H groups in total. The van der Waals surface area contributed by atoms with Crippen LogP contribution in [0.4, 0.5) is 13.2 Å². The third-order valence-corrected chi connectivity index (χ3v) is 7.23. The van der Waals surface area contributed by atoms with Crippen molar-refractivity contribution in [2.45, 2.75) is 64.5 Å². The van der Waals surface area contributed by atoms with E-state index >= 15 is 0 Å². The average molecular weight is 431 g/mol. The van der Waals surface area contributed by atoms with Gasteiger partial charge in [-0.3, -0.25) is 4.98 Å². The first-order chi connectivity index (χ1) is 14.8. The third kappa shape index (κ3) is 4.10. The summed E-state index contributed by atoms with van der Waals surface area (Å²) in [6.45, 7) is 3.86. The fourth-order valence-electron chi connectivity index (χ4n) is 5.43. The summed E-state index contributed by atoms with van der Waals surface area (Å²) in [7, 11) is 0. The molecule has 2 aliphatic carbocycles. The molecule has 1 fully saturated rings. The number of allylic oxidation sites excluding steroid dienone is 4. The van der Waals surface area contributed by atoms with Crippen LogP contribution in [-0.2, 0) is 0 Å². The van der Waals surface area contributed by atoms with Gasteiger partial charge in [0.05, 0.1) is 6.10 Å². The van der Waals surface area contributed by atoms with Crippen LogP contribution >= 0.6 is 0 Å². The number of hydrogen-bond acceptors (Lipinski definition) is 3. The number of fused-ring (bicyclic) bond motifs is 1. The first-order valence-electron chi connectivity index (χ1n) is 11.0. The molecule has 3 nitrogen and oxygen atoms in total. The highest BCUT2D eigenvalue weighted by molar-refractivity contribution is 5.86. The molecule has 0 aliphatic heterocycles. The molecule has 2 atom stereocenters. The Morgan fingerprint density at radius 2 is 2.00 bits per heavy atom. The molecule has 1 aromatic heterocycles. The molecule has 166 valence electrons. The minimum Gasteiger partial charge on any atom is -0.487 e. The lowest BCUT2D eigenvalue weighted by atomic mass is 9.59. The van der Waals surface area contributed by atoms with Crippen LogP contribution in [-0.4, -0.2) is 17.1 Å². The number of halogens is 3. The lowest BCUT2D eigenvalue weighted by Gasteiger charge is -2.48. The smallest absolute Gasteiger partial charge is 0.166 e. The standard InChI is InChI=1S/C25H29F3N2O/c1-3-23(29)25(17-11-18(26)13-19(27)12-17)7-4-20(5-8-25)31-24-15(2)21-6-9-30-14-16(21)10-22(24)28/h6,9-11,13-14,17,20,23H,3-5,7-8,12,29H2,1-2H3/t17?,20-,23?,25+. The Labute approximate surface area is 181 Å². The Balaban J connectivity index is 1.54. The number of aryl methyl sites for hydroxylation is 1. The summed E-state index contributed by atoms with van der Waals surface area (Å²) in [6, 6.07) is 3.14. The van der Waals surface area contributed by atoms with Crippen LogP contribution in [0.5, 0.6) is 5.75 Å². The number of nitrogens with two attached hydrogens (primary N) is 1. The number of nitrogens with zero attached hydrogens (tertiary/aromatic N) is 1. The topological polar surface area (TPSA) is 48.1 Å². The van der Waals surface area contributed by atoms with Crippen LogP contribution in [0.1, 0.15) is 51.0 Å². The van der Waals surface area contributed by atoms with E-state index in [9.17, 15) is 13.2 Å². The first kappa shape index (κ1) is 21.9. The Morgan fingerprint density at radius 1 is 1.26 bits per heavy atom. The Morgan fingerprint density at radius 3 is 2.68 bits per heavy atom. The Kier molecular flexibility index (Phi) is 6.11. The predicted molar refractivity (Wildman–Crippen MR) is 117 cm³/mol. The normalized spacial score (nSPS) is 27.5. The van der Waals surface area contributed by atoms with Gasteiger partial charge in [0.1, 0.15) is 11.7 Å². The van der Waals surface area contributed by atoms with Gasteiger partial charge in [0.2, 0.25) is 0 Å². The number of rotatable bonds is 5. The molecule has 1 heterocycles. The Bertz CT molecular complexity index is 1020. The number of pyridine rings is 1. The highest BCUT2D eigenvalue weighted by Gasteiger charge is 2.46. The minimum absolute atomic E-state index is 0.164. The van der Waals surface area contributed by atoms with Crippen molar-refractivity contribution in [1.82, 2.24) is 4.98 Å². The fraction of sp³-hybridized carbons (Fsp3) is 0.480. The molecule has 1 saturated carbocycles. The maximum Gasteiger partial charge on any atom is 0.166 e. The molecule has 0 radical (unpaired) electrons. The van der Waals surface area contributed by atoms with Crippen LogP contribution < -0.4 is 10.5 Å². The van der Waals surface area contributed by atoms with Crippen LogP contribution in [0.25, 0.3) is 10.8 Å². The van der Waals surface area contributed by atoms with Crippen molar-refractivity contribution in [3.8, 4) is 5.75 Å². The van der Waals surface area contributed by atoms with E-state index in [4.69, 9.17) is 10.5 Å². The number of ether oxygens (including phenoxy) is 1. The van der Waals surface area contributed by atoms with Crippen molar-refractivity contribution >= 4 is 10.8 Å². The summed E-state index contributed by atoms with van der Waals surface area (Å²) in [4.78, 5) is 4.05. The highest BCUT2D eigenvalue weighted by atomic mass is 19.1. The van der Waals surface area contributed by atoms with E-state index in [1.807, 2.05) is 19.9 Å². The van der Waals surface area contributed by atoms with Gasteiger partial charge in [-0.25, -0.2) is 13.2 Å². The molecule has 2 aromatic rings. The molecule has 0 spiro atoms. The van der Waals surface area contributed by atoms with E-state index in [1.54, 1.807) is 12.4 Å². The second-order valence-electron chi connectivity index (χ2n) is 8.93. The van der Waals surface area contributed by atoms with Gasteiger partial charge in [0.25, 0.3) is 0 Å². The zero-order chi connectivity index (χ0) is 22.2. The molecule has 2 unspecified atom stereocenters. The molecule has 6 heteroatoms. The van der Waals surface area contributed by atoms with E-state index in [0.29, 0.717) is 25.7 Å². The van der Waals surface area contributed by atoms with E-state index in [0.717, 1.165) is 28.8 Å². The Hall–Kier alpha value is -2.34. The maximum absolute atomic E-state index is 14.8. The molecule has 4 rings (SSSR count). The quantitative estimate of drug-likeness (QED) is 0.593. The maximum atomic E-state index is 14.8. The lowest BCUT2D eigenvalue weighted by molar-refractivity contribution is 0.0249. The van der Waals surface area contributed by atoms with Crippen LogP contribution in [0.3, 0.4) is 0 Å². The van der Waals surface area contributed by atoms with E-state index in [1.165, 1.54) is 12.1 Å². The van der Waals surface area contributed by atoms with Crippen molar-refractivity contribution in [3.63, 3.8) is 0 Å². The average Bonchev–Trinajstić information content (AvgIpc) is 2.76. The summed E-state index contributed by atoms with van der Waals surface area (Å²) in [6.07, 6.45) is 9.26. The van der Waals surface area contributed by atoms with Gasteiger partial charge in [-0.1, -0.05) is 6.92 Å². The molecule has 2 aliphatic rings. The van der Waals surface area contributed by atoms with Crippen molar-refractivity contribution in [3.05, 3.63) is 59.7 Å². The van der Waals surface area contributed by atoms with Gasteiger partial charge in [0.15, 0.2) is 11.6 Å². The van der Waals surface area contributed by atoms with Gasteiger partial charge in [-0.05, 0) is 74.0 Å². The fourth-order valence-corrected chi connectivity index (χ4v) is 5.43. The number of aromatic nitrogens is 1. The van der Waals surface area contributed by atoms with Gasteiger partial charge in [-0.15, -0.1) is 0 Å². The van der Waals surface area contributed by atoms with Crippen LogP contribution in [0, 0.1) is 24.1 Å². The molecular weight excluding hydrogens is 401 g/mol. The molecule has 0 bridgehead atoms. The SMILES string of the molecule is CCC(N)[C@]1(C2C=C(F)C=C(F)C2)CC[C@H](Oc2c(F)cc3cnccc3c2C)CC1. The lowest BCUT2D eigenvalue weighted by Crippen LogP contribution is -2.50. The van der Waals surface area contributed by atoms with Crippen molar-refractivity contribution in [1.29, 1.82) is 0 Å². The third-order valence-electron chi connectivity index (χ3n) is 7.23. The monoisotopic (exact) mass is 430 g/mol. The predicted octanol–water partition coefficient (Wildman–Crippen LogP) is 6.45. The summed E-state index contributed by atoms with van der Waals surface area (Å²) in [5.41, 5.74) is 6.88. The van der Waals surface area contributed by atoms with Gasteiger partial charge in [0, 0.05) is 41.9 Å².